The molecule has 96 valence electrons. The molecule has 16 heavy (non-hydrogen) atoms. The Morgan fingerprint density at radius 1 is 1.31 bits per heavy atom. The summed E-state index contributed by atoms with van der Waals surface area (Å²) in [6.07, 6.45) is 4.89. The molecule has 1 rings (SSSR count). The van der Waals surface area contributed by atoms with Gasteiger partial charge in [0, 0.05) is 12.1 Å². The standard InChI is InChI=1S/C13H29N3/c1-4-12(14)6-9-15(3)13-7-10-16(5-2)11-8-13/h12-13H,4-11,14H2,1-3H3. The number of hydrogen-bond acceptors (Lipinski definition) is 3. The Bertz CT molecular complexity index is 176. The highest BCUT2D eigenvalue weighted by Crippen LogP contribution is 2.15. The average Bonchev–Trinajstić information content (AvgIpc) is 2.35. The number of nitrogens with two attached hydrogens (primary N) is 1. The van der Waals surface area contributed by atoms with Gasteiger partial charge >= 0.3 is 0 Å². The quantitative estimate of drug-likeness (QED) is 0.747. The van der Waals surface area contributed by atoms with Crippen molar-refractivity contribution in [3.05, 3.63) is 0 Å². The molecule has 1 fully saturated rings. The van der Waals surface area contributed by atoms with Crippen molar-refractivity contribution < 1.29 is 0 Å². The van der Waals surface area contributed by atoms with Crippen LogP contribution in [-0.4, -0.2) is 55.1 Å². The third-order valence-electron chi connectivity index (χ3n) is 4.00. The van der Waals surface area contributed by atoms with E-state index in [2.05, 4.69) is 30.7 Å². The Morgan fingerprint density at radius 3 is 2.44 bits per heavy atom. The summed E-state index contributed by atoms with van der Waals surface area (Å²) in [5.74, 6) is 0. The zero-order valence-corrected chi connectivity index (χ0v) is 11.3. The second-order valence-corrected chi connectivity index (χ2v) is 5.10. The second kappa shape index (κ2) is 7.25. The molecule has 0 aromatic rings. The first-order valence-corrected chi connectivity index (χ1v) is 6.85. The van der Waals surface area contributed by atoms with Crippen LogP contribution in [-0.2, 0) is 0 Å². The fourth-order valence-corrected chi connectivity index (χ4v) is 2.43. The van der Waals surface area contributed by atoms with Crippen molar-refractivity contribution in [2.45, 2.75) is 51.6 Å². The maximum Gasteiger partial charge on any atom is 0.0117 e. The monoisotopic (exact) mass is 227 g/mol. The third-order valence-corrected chi connectivity index (χ3v) is 4.00. The van der Waals surface area contributed by atoms with Gasteiger partial charge in [0.1, 0.15) is 0 Å². The number of piperidine rings is 1. The second-order valence-electron chi connectivity index (χ2n) is 5.10. The van der Waals surface area contributed by atoms with E-state index >= 15 is 0 Å². The van der Waals surface area contributed by atoms with Crippen LogP contribution in [0.5, 0.6) is 0 Å². The first-order chi connectivity index (χ1) is 7.67. The molecule has 0 spiro atoms. The van der Waals surface area contributed by atoms with Crippen LogP contribution in [0.2, 0.25) is 0 Å². The van der Waals surface area contributed by atoms with Gasteiger partial charge in [0.15, 0.2) is 0 Å². The lowest BCUT2D eigenvalue weighted by Gasteiger charge is -2.36. The molecule has 0 amide bonds. The molecular weight excluding hydrogens is 198 g/mol. The Hall–Kier alpha value is -0.120. The number of rotatable bonds is 6. The summed E-state index contributed by atoms with van der Waals surface area (Å²) in [6.45, 7) is 9.33. The van der Waals surface area contributed by atoms with Crippen molar-refractivity contribution in [2.24, 2.45) is 5.73 Å². The molecule has 0 radical (unpaired) electrons. The van der Waals surface area contributed by atoms with Gasteiger partial charge in [-0.15, -0.1) is 0 Å². The number of nitrogens with zero attached hydrogens (tertiary/aromatic N) is 2. The summed E-state index contributed by atoms with van der Waals surface area (Å²) in [5.41, 5.74) is 5.96. The molecule has 2 N–H and O–H groups in total. The molecule has 1 aliphatic rings. The molecule has 1 saturated heterocycles. The Labute approximate surface area is 101 Å². The van der Waals surface area contributed by atoms with Crippen molar-refractivity contribution >= 4 is 0 Å². The summed E-state index contributed by atoms with van der Waals surface area (Å²) < 4.78 is 0. The van der Waals surface area contributed by atoms with Gasteiger partial charge < -0.3 is 15.5 Å². The largest absolute Gasteiger partial charge is 0.328 e. The van der Waals surface area contributed by atoms with E-state index in [4.69, 9.17) is 5.73 Å². The molecule has 3 nitrogen and oxygen atoms in total. The third kappa shape index (κ3) is 4.40. The van der Waals surface area contributed by atoms with Gasteiger partial charge in [0.25, 0.3) is 0 Å². The molecule has 0 aliphatic carbocycles. The minimum Gasteiger partial charge on any atom is -0.328 e. The lowest BCUT2D eigenvalue weighted by molar-refractivity contribution is 0.129. The molecule has 0 aromatic carbocycles. The zero-order chi connectivity index (χ0) is 12.0. The molecule has 0 saturated carbocycles. The highest BCUT2D eigenvalue weighted by atomic mass is 15.2. The molecule has 0 aromatic heterocycles. The van der Waals surface area contributed by atoms with E-state index in [0.717, 1.165) is 25.4 Å². The lowest BCUT2D eigenvalue weighted by atomic mass is 10.0. The molecule has 1 aliphatic heterocycles. The molecule has 1 atom stereocenters. The minimum atomic E-state index is 0.387. The molecule has 3 heteroatoms. The topological polar surface area (TPSA) is 32.5 Å². The van der Waals surface area contributed by atoms with Crippen LogP contribution in [0.3, 0.4) is 0 Å². The number of likely N-dealkylation sites (tertiary alicyclic amines) is 1. The summed E-state index contributed by atoms with van der Waals surface area (Å²) in [5, 5.41) is 0. The first kappa shape index (κ1) is 13.9. The van der Waals surface area contributed by atoms with Crippen LogP contribution in [0.1, 0.15) is 39.5 Å². The van der Waals surface area contributed by atoms with Gasteiger partial charge in [-0.3, -0.25) is 0 Å². The van der Waals surface area contributed by atoms with Crippen LogP contribution < -0.4 is 5.73 Å². The van der Waals surface area contributed by atoms with Crippen molar-refractivity contribution in [3.8, 4) is 0 Å². The van der Waals surface area contributed by atoms with E-state index in [9.17, 15) is 0 Å². The van der Waals surface area contributed by atoms with Gasteiger partial charge in [0.2, 0.25) is 0 Å². The van der Waals surface area contributed by atoms with Crippen LogP contribution in [0.25, 0.3) is 0 Å². The van der Waals surface area contributed by atoms with Crippen molar-refractivity contribution in [2.75, 3.05) is 33.2 Å². The Kier molecular flexibility index (Phi) is 6.32. The average molecular weight is 227 g/mol. The van der Waals surface area contributed by atoms with Gasteiger partial charge in [-0.1, -0.05) is 13.8 Å². The van der Waals surface area contributed by atoms with E-state index in [-0.39, 0.29) is 0 Å². The maximum absolute atomic E-state index is 5.96. The molecule has 0 bridgehead atoms. The normalized spacial score (nSPS) is 21.6. The molecular formula is C13H29N3. The fourth-order valence-electron chi connectivity index (χ4n) is 2.43. The molecule has 1 heterocycles. The summed E-state index contributed by atoms with van der Waals surface area (Å²) >= 11 is 0. The Morgan fingerprint density at radius 2 is 1.94 bits per heavy atom. The predicted octanol–water partition coefficient (Wildman–Crippen LogP) is 1.53. The van der Waals surface area contributed by atoms with Crippen LogP contribution in [0.4, 0.5) is 0 Å². The van der Waals surface area contributed by atoms with E-state index < -0.39 is 0 Å². The van der Waals surface area contributed by atoms with E-state index in [0.29, 0.717) is 6.04 Å². The SMILES string of the molecule is CCC(N)CCN(C)C1CCN(CC)CC1. The smallest absolute Gasteiger partial charge is 0.0117 e. The highest BCUT2D eigenvalue weighted by molar-refractivity contribution is 4.78. The predicted molar refractivity (Wildman–Crippen MR) is 70.6 cm³/mol. The number of hydrogen-bond donors (Lipinski definition) is 1. The van der Waals surface area contributed by atoms with Crippen LogP contribution in [0.15, 0.2) is 0 Å². The minimum absolute atomic E-state index is 0.387. The highest BCUT2D eigenvalue weighted by Gasteiger charge is 2.21. The van der Waals surface area contributed by atoms with E-state index in [1.807, 2.05) is 0 Å². The van der Waals surface area contributed by atoms with E-state index in [1.165, 1.54) is 32.5 Å². The zero-order valence-electron chi connectivity index (χ0n) is 11.3. The summed E-state index contributed by atoms with van der Waals surface area (Å²) in [7, 11) is 2.26. The fraction of sp³-hybridized carbons (Fsp3) is 1.00. The summed E-state index contributed by atoms with van der Waals surface area (Å²) in [6, 6.07) is 1.17. The lowest BCUT2D eigenvalue weighted by Crippen LogP contribution is -2.44. The van der Waals surface area contributed by atoms with E-state index in [1.54, 1.807) is 0 Å². The summed E-state index contributed by atoms with van der Waals surface area (Å²) in [4.78, 5) is 5.06. The van der Waals surface area contributed by atoms with Crippen molar-refractivity contribution in [1.29, 1.82) is 0 Å². The van der Waals surface area contributed by atoms with Gasteiger partial charge in [-0.2, -0.15) is 0 Å². The van der Waals surface area contributed by atoms with Crippen molar-refractivity contribution in [1.82, 2.24) is 9.80 Å². The first-order valence-electron chi connectivity index (χ1n) is 6.85. The van der Waals surface area contributed by atoms with Crippen LogP contribution in [0, 0.1) is 0 Å². The van der Waals surface area contributed by atoms with Gasteiger partial charge in [-0.05, 0) is 58.9 Å². The maximum atomic E-state index is 5.96. The Balaban J connectivity index is 2.20. The van der Waals surface area contributed by atoms with Gasteiger partial charge in [-0.25, -0.2) is 0 Å². The van der Waals surface area contributed by atoms with Crippen molar-refractivity contribution in [3.63, 3.8) is 0 Å². The van der Waals surface area contributed by atoms with Crippen LogP contribution >= 0.6 is 0 Å². The molecule has 1 unspecified atom stereocenters. The van der Waals surface area contributed by atoms with Gasteiger partial charge in [0.05, 0.1) is 0 Å².